The van der Waals surface area contributed by atoms with Crippen molar-refractivity contribution < 1.29 is 13.0 Å². The normalized spacial score (nSPS) is 10.5. The lowest BCUT2D eigenvalue weighted by atomic mass is 10.2. The van der Waals surface area contributed by atoms with Gasteiger partial charge in [0, 0.05) is 19.4 Å². The van der Waals surface area contributed by atoms with Gasteiger partial charge in [-0.05, 0) is 18.6 Å². The summed E-state index contributed by atoms with van der Waals surface area (Å²) in [5.41, 5.74) is 0.551. The Morgan fingerprint density at radius 2 is 1.94 bits per heavy atom. The van der Waals surface area contributed by atoms with Gasteiger partial charge in [0.1, 0.15) is 0 Å². The van der Waals surface area contributed by atoms with Gasteiger partial charge in [-0.3, -0.25) is 4.55 Å². The third-order valence-electron chi connectivity index (χ3n) is 2.01. The Kier molecular flexibility index (Phi) is 4.42. The third kappa shape index (κ3) is 4.38. The van der Waals surface area contributed by atoms with E-state index in [1.54, 1.807) is 37.6 Å². The molecule has 6 heteroatoms. The number of nitrogens with zero attached hydrogens (tertiary/aromatic N) is 2. The largest absolute Gasteiger partial charge is 0.341 e. The maximum absolute atomic E-state index is 10.6. The second-order valence-corrected chi connectivity index (χ2v) is 4.86. The maximum atomic E-state index is 10.6. The Morgan fingerprint density at radius 3 is 2.24 bits per heavy atom. The van der Waals surface area contributed by atoms with E-state index >= 15 is 0 Å². The first-order valence-corrected chi connectivity index (χ1v) is 6.30. The SMILES string of the molecule is Cc1ccccc1S(=O)(=O)O.Cn1ccnc1. The molecule has 1 heterocycles. The second-order valence-electron chi connectivity index (χ2n) is 3.47. The van der Waals surface area contributed by atoms with Crippen LogP contribution in [0, 0.1) is 6.92 Å². The van der Waals surface area contributed by atoms with E-state index in [2.05, 4.69) is 4.98 Å². The van der Waals surface area contributed by atoms with E-state index in [0.29, 0.717) is 5.56 Å². The van der Waals surface area contributed by atoms with E-state index in [4.69, 9.17) is 4.55 Å². The van der Waals surface area contributed by atoms with Crippen LogP contribution in [0.2, 0.25) is 0 Å². The van der Waals surface area contributed by atoms with Gasteiger partial charge >= 0.3 is 0 Å². The average molecular weight is 254 g/mol. The topological polar surface area (TPSA) is 72.2 Å². The van der Waals surface area contributed by atoms with Crippen molar-refractivity contribution in [2.45, 2.75) is 11.8 Å². The monoisotopic (exact) mass is 254 g/mol. The molecule has 0 radical (unpaired) electrons. The van der Waals surface area contributed by atoms with Gasteiger partial charge in [0.2, 0.25) is 0 Å². The molecule has 1 N–H and O–H groups in total. The minimum atomic E-state index is -4.03. The van der Waals surface area contributed by atoms with Crippen LogP contribution < -0.4 is 0 Å². The minimum Gasteiger partial charge on any atom is -0.341 e. The number of hydrogen-bond donors (Lipinski definition) is 1. The molecule has 0 unspecified atom stereocenters. The molecule has 0 aliphatic rings. The highest BCUT2D eigenvalue weighted by Crippen LogP contribution is 2.12. The smallest absolute Gasteiger partial charge is 0.294 e. The molecule has 0 spiro atoms. The van der Waals surface area contributed by atoms with Gasteiger partial charge in [-0.2, -0.15) is 8.42 Å². The first kappa shape index (κ1) is 13.4. The van der Waals surface area contributed by atoms with Crippen molar-refractivity contribution in [2.75, 3.05) is 0 Å². The van der Waals surface area contributed by atoms with Crippen LogP contribution in [0.5, 0.6) is 0 Å². The number of rotatable bonds is 1. The average Bonchev–Trinajstić information content (AvgIpc) is 2.69. The van der Waals surface area contributed by atoms with Gasteiger partial charge < -0.3 is 4.57 Å². The minimum absolute atomic E-state index is 0.0278. The van der Waals surface area contributed by atoms with E-state index in [-0.39, 0.29) is 4.90 Å². The van der Waals surface area contributed by atoms with Crippen molar-refractivity contribution in [3.8, 4) is 0 Å². The van der Waals surface area contributed by atoms with Crippen LogP contribution in [0.4, 0.5) is 0 Å². The van der Waals surface area contributed by atoms with Gasteiger partial charge in [-0.15, -0.1) is 0 Å². The number of aryl methyl sites for hydroxylation is 2. The predicted molar refractivity (Wildman–Crippen MR) is 64.2 cm³/mol. The van der Waals surface area contributed by atoms with Crippen LogP contribution in [0.25, 0.3) is 0 Å². The zero-order valence-electron chi connectivity index (χ0n) is 9.61. The molecule has 0 atom stereocenters. The molecular formula is C11H14N2O3S. The Morgan fingerprint density at radius 1 is 1.29 bits per heavy atom. The highest BCUT2D eigenvalue weighted by atomic mass is 32.2. The molecule has 0 bridgehead atoms. The van der Waals surface area contributed by atoms with Crippen molar-refractivity contribution in [2.24, 2.45) is 7.05 Å². The summed E-state index contributed by atoms with van der Waals surface area (Å²) in [7, 11) is -2.10. The predicted octanol–water partition coefficient (Wildman–Crippen LogP) is 1.66. The van der Waals surface area contributed by atoms with Gasteiger partial charge in [0.15, 0.2) is 0 Å². The van der Waals surface area contributed by atoms with E-state index in [1.165, 1.54) is 6.07 Å². The number of benzene rings is 1. The van der Waals surface area contributed by atoms with Gasteiger partial charge in [0.25, 0.3) is 10.1 Å². The number of imidazole rings is 1. The summed E-state index contributed by atoms with van der Waals surface area (Å²) >= 11 is 0. The van der Waals surface area contributed by atoms with Crippen LogP contribution in [-0.4, -0.2) is 22.5 Å². The quantitative estimate of drug-likeness (QED) is 0.786. The molecule has 0 aliphatic carbocycles. The molecule has 0 saturated carbocycles. The van der Waals surface area contributed by atoms with E-state index in [9.17, 15) is 8.42 Å². The summed E-state index contributed by atoms with van der Waals surface area (Å²) in [6.45, 7) is 1.63. The number of hydrogen-bond acceptors (Lipinski definition) is 3. The van der Waals surface area contributed by atoms with Crippen molar-refractivity contribution in [1.82, 2.24) is 9.55 Å². The van der Waals surface area contributed by atoms with Crippen LogP contribution in [0.3, 0.4) is 0 Å². The molecule has 0 amide bonds. The number of aromatic nitrogens is 2. The van der Waals surface area contributed by atoms with E-state index < -0.39 is 10.1 Å². The molecule has 17 heavy (non-hydrogen) atoms. The highest BCUT2D eigenvalue weighted by molar-refractivity contribution is 7.85. The summed E-state index contributed by atoms with van der Waals surface area (Å²) in [5, 5.41) is 0. The molecule has 1 aromatic heterocycles. The lowest BCUT2D eigenvalue weighted by molar-refractivity contribution is 0.482. The van der Waals surface area contributed by atoms with Crippen molar-refractivity contribution >= 4 is 10.1 Å². The summed E-state index contributed by atoms with van der Waals surface area (Å²) in [5.74, 6) is 0. The summed E-state index contributed by atoms with van der Waals surface area (Å²) in [4.78, 5) is 3.76. The summed E-state index contributed by atoms with van der Waals surface area (Å²) in [6.07, 6.45) is 5.39. The zero-order chi connectivity index (χ0) is 12.9. The Hall–Kier alpha value is -1.66. The molecule has 2 rings (SSSR count). The van der Waals surface area contributed by atoms with Gasteiger partial charge in [-0.25, -0.2) is 4.98 Å². The van der Waals surface area contributed by atoms with Crippen LogP contribution >= 0.6 is 0 Å². The Labute approximate surface area is 100 Å². The molecule has 5 nitrogen and oxygen atoms in total. The molecule has 92 valence electrons. The fourth-order valence-corrected chi connectivity index (χ4v) is 1.90. The summed E-state index contributed by atoms with van der Waals surface area (Å²) < 4.78 is 31.7. The molecule has 2 aromatic rings. The van der Waals surface area contributed by atoms with Crippen molar-refractivity contribution in [3.05, 3.63) is 48.5 Å². The highest BCUT2D eigenvalue weighted by Gasteiger charge is 2.10. The van der Waals surface area contributed by atoms with E-state index in [1.807, 2.05) is 17.8 Å². The fourth-order valence-electron chi connectivity index (χ4n) is 1.17. The first-order chi connectivity index (χ1) is 7.91. The Balaban J connectivity index is 0.000000202. The molecular weight excluding hydrogens is 240 g/mol. The molecule has 0 fully saturated rings. The first-order valence-electron chi connectivity index (χ1n) is 4.86. The lowest BCUT2D eigenvalue weighted by Gasteiger charge is -1.99. The van der Waals surface area contributed by atoms with Crippen molar-refractivity contribution in [1.29, 1.82) is 0 Å². The summed E-state index contributed by atoms with van der Waals surface area (Å²) in [6, 6.07) is 6.27. The second kappa shape index (κ2) is 5.60. The van der Waals surface area contributed by atoms with Gasteiger partial charge in [0.05, 0.1) is 11.2 Å². The van der Waals surface area contributed by atoms with Crippen LogP contribution in [0.1, 0.15) is 5.56 Å². The van der Waals surface area contributed by atoms with Crippen LogP contribution in [0.15, 0.2) is 47.9 Å². The third-order valence-corrected chi connectivity index (χ3v) is 3.02. The lowest BCUT2D eigenvalue weighted by Crippen LogP contribution is -1.99. The van der Waals surface area contributed by atoms with Gasteiger partial charge in [-0.1, -0.05) is 18.2 Å². The maximum Gasteiger partial charge on any atom is 0.294 e. The molecule has 1 aromatic carbocycles. The molecule has 0 aliphatic heterocycles. The standard InChI is InChI=1S/C7H8O3S.C4H6N2/c1-6-4-2-3-5-7(6)11(8,9)10;1-6-3-2-5-4-6/h2-5H,1H3,(H,8,9,10);2-4H,1H3. The molecule has 0 saturated heterocycles. The zero-order valence-corrected chi connectivity index (χ0v) is 10.4. The van der Waals surface area contributed by atoms with Crippen molar-refractivity contribution in [3.63, 3.8) is 0 Å². The Bertz CT molecular complexity index is 562. The fraction of sp³-hybridized carbons (Fsp3) is 0.182. The van der Waals surface area contributed by atoms with Crippen LogP contribution in [-0.2, 0) is 17.2 Å². The van der Waals surface area contributed by atoms with E-state index in [0.717, 1.165) is 0 Å².